The highest BCUT2D eigenvalue weighted by molar-refractivity contribution is 6.32. The molecule has 9 heteroatoms. The lowest BCUT2D eigenvalue weighted by molar-refractivity contribution is -0.181. The molecule has 0 spiro atoms. The third kappa shape index (κ3) is 5.10. The molecule has 3 aliphatic carbocycles. The molecule has 3 aromatic carbocycles. The van der Waals surface area contributed by atoms with E-state index in [1.165, 1.54) is 16.5 Å². The molecule has 2 unspecified atom stereocenters. The number of primary amides is 1. The highest BCUT2D eigenvalue weighted by atomic mass is 16.3. The summed E-state index contributed by atoms with van der Waals surface area (Å²) in [6, 6.07) is 14.5. The topological polar surface area (TPSA) is 155 Å². The molecule has 3 aromatic rings. The Labute approximate surface area is 280 Å². The van der Waals surface area contributed by atoms with Gasteiger partial charge >= 0.3 is 0 Å². The van der Waals surface area contributed by atoms with E-state index in [4.69, 9.17) is 5.73 Å². The first-order valence-electron chi connectivity index (χ1n) is 17.1. The fourth-order valence-corrected chi connectivity index (χ4v) is 9.11. The van der Waals surface area contributed by atoms with Gasteiger partial charge in [-0.15, -0.1) is 0 Å². The second-order valence-electron chi connectivity index (χ2n) is 14.2. The number of benzene rings is 3. The van der Waals surface area contributed by atoms with Gasteiger partial charge in [-0.1, -0.05) is 82.0 Å². The fourth-order valence-electron chi connectivity index (χ4n) is 9.11. The second-order valence-corrected chi connectivity index (χ2v) is 14.2. The molecule has 0 saturated heterocycles. The first-order valence-corrected chi connectivity index (χ1v) is 17.1. The van der Waals surface area contributed by atoms with Gasteiger partial charge in [0.1, 0.15) is 5.75 Å². The molecule has 6 rings (SSSR count). The van der Waals surface area contributed by atoms with Crippen molar-refractivity contribution in [2.45, 2.75) is 70.4 Å². The zero-order chi connectivity index (χ0) is 34.7. The van der Waals surface area contributed by atoms with E-state index in [9.17, 15) is 34.2 Å². The summed E-state index contributed by atoms with van der Waals surface area (Å²) in [5, 5.41) is 25.1. The van der Waals surface area contributed by atoms with Crippen LogP contribution in [0.4, 0.5) is 0 Å². The first kappa shape index (κ1) is 33.7. The maximum absolute atomic E-state index is 14.3. The number of phenolic OH excluding ortho intramolecular Hbond substituents is 1. The lowest BCUT2D eigenvalue weighted by atomic mass is 9.52. The van der Waals surface area contributed by atoms with Gasteiger partial charge in [-0.3, -0.25) is 28.9 Å². The van der Waals surface area contributed by atoms with Crippen LogP contribution >= 0.6 is 0 Å². The molecule has 2 fully saturated rings. The van der Waals surface area contributed by atoms with Crippen LogP contribution in [0.25, 0.3) is 21.9 Å². The number of ketones is 4. The van der Waals surface area contributed by atoms with Crippen molar-refractivity contribution in [2.75, 3.05) is 14.1 Å². The van der Waals surface area contributed by atoms with Crippen molar-refractivity contribution in [2.24, 2.45) is 35.3 Å². The number of hydrogen-bond donors (Lipinski definition) is 3. The summed E-state index contributed by atoms with van der Waals surface area (Å²) in [7, 11) is 3.15. The number of carbonyl (C=O) groups is 5. The molecule has 0 bridgehead atoms. The van der Waals surface area contributed by atoms with Crippen LogP contribution in [0.2, 0.25) is 0 Å². The first-order chi connectivity index (χ1) is 22.9. The van der Waals surface area contributed by atoms with Crippen LogP contribution in [-0.2, 0) is 32.0 Å². The molecule has 9 nitrogen and oxygen atoms in total. The molecule has 3 aliphatic rings. The van der Waals surface area contributed by atoms with Crippen molar-refractivity contribution >= 4 is 39.8 Å². The predicted molar refractivity (Wildman–Crippen MR) is 181 cm³/mol. The van der Waals surface area contributed by atoms with E-state index in [1.807, 2.05) is 12.1 Å². The van der Waals surface area contributed by atoms with Crippen LogP contribution in [0, 0.1) is 29.6 Å². The van der Waals surface area contributed by atoms with E-state index in [0.29, 0.717) is 11.5 Å². The Balaban J connectivity index is 1.46. The molecular formula is C39H44N2O7. The van der Waals surface area contributed by atoms with Gasteiger partial charge in [0.25, 0.3) is 0 Å². The Bertz CT molecular complexity index is 1840. The summed E-state index contributed by atoms with van der Waals surface area (Å²) in [5.74, 6) is -9.94. The minimum atomic E-state index is -2.75. The number of amides is 1. The Morgan fingerprint density at radius 3 is 2.21 bits per heavy atom. The number of aliphatic hydroxyl groups is 1. The number of likely N-dealkylation sites (N-methyl/N-ethyl adjacent to an activating group) is 1. The number of phenols is 1. The molecule has 48 heavy (non-hydrogen) atoms. The van der Waals surface area contributed by atoms with Crippen molar-refractivity contribution < 1.29 is 34.2 Å². The van der Waals surface area contributed by atoms with Gasteiger partial charge in [0, 0.05) is 5.92 Å². The number of carbonyl (C=O) groups excluding carboxylic acids is 5. The molecular weight excluding hydrogens is 608 g/mol. The molecule has 252 valence electrons. The molecule has 6 atom stereocenters. The highest BCUT2D eigenvalue weighted by Gasteiger charge is 2.69. The van der Waals surface area contributed by atoms with Gasteiger partial charge in [0.05, 0.1) is 17.5 Å². The minimum absolute atomic E-state index is 0.00166. The number of aromatic hydroxyl groups is 1. The van der Waals surface area contributed by atoms with Crippen molar-refractivity contribution in [3.05, 3.63) is 65.2 Å². The Hall–Kier alpha value is -4.21. The molecule has 1 amide bonds. The van der Waals surface area contributed by atoms with Gasteiger partial charge in [0.15, 0.2) is 34.7 Å². The van der Waals surface area contributed by atoms with Crippen LogP contribution in [0.1, 0.15) is 67.4 Å². The van der Waals surface area contributed by atoms with Gasteiger partial charge < -0.3 is 15.9 Å². The standard InChI is InChI=1S/C39H44N2O7/c1-5-9-20(10-6-2)17-21-13-14-25(24-12-8-7-11-23(21)24)26-15-16-29(42)31-27(26)18-22-19-28-33(41(3)4)35(44)32(38(40)47)37(46)39(28,48)36(45)30(22)34(31)43/h7-8,11-16,20,22,28,30,32-33,42,48H,5-6,9-10,17-19H2,1-4H3,(H2,40,47)/t22-,28-,30?,32?,33-,39-/m1/s1. The van der Waals surface area contributed by atoms with Gasteiger partial charge in [-0.2, -0.15) is 0 Å². The third-order valence-corrected chi connectivity index (χ3v) is 11.2. The van der Waals surface area contributed by atoms with E-state index < -0.39 is 64.4 Å². The summed E-state index contributed by atoms with van der Waals surface area (Å²) in [6.07, 6.45) is 5.75. The maximum atomic E-state index is 14.3. The molecule has 2 saturated carbocycles. The average Bonchev–Trinajstić information content (AvgIpc) is 3.03. The lowest BCUT2D eigenvalue weighted by Gasteiger charge is -2.52. The summed E-state index contributed by atoms with van der Waals surface area (Å²) in [5.41, 5.74) is 6.20. The maximum Gasteiger partial charge on any atom is 0.235 e. The van der Waals surface area contributed by atoms with Crippen molar-refractivity contribution in [1.82, 2.24) is 4.90 Å². The monoisotopic (exact) mass is 652 g/mol. The summed E-state index contributed by atoms with van der Waals surface area (Å²) in [4.78, 5) is 69.2. The van der Waals surface area contributed by atoms with Crippen LogP contribution in [0.5, 0.6) is 5.75 Å². The Morgan fingerprint density at radius 1 is 0.938 bits per heavy atom. The number of rotatable bonds is 9. The van der Waals surface area contributed by atoms with Crippen molar-refractivity contribution in [1.29, 1.82) is 0 Å². The molecule has 0 heterocycles. The number of Topliss-reactive ketones (excluding diaryl/α,β-unsaturated/α-hetero) is 4. The van der Waals surface area contributed by atoms with Crippen LogP contribution in [-0.4, -0.2) is 69.9 Å². The van der Waals surface area contributed by atoms with Crippen molar-refractivity contribution in [3.63, 3.8) is 0 Å². The normalized spacial score (nSPS) is 26.9. The van der Waals surface area contributed by atoms with Gasteiger partial charge in [-0.25, -0.2) is 0 Å². The zero-order valence-corrected chi connectivity index (χ0v) is 28.0. The number of nitrogens with zero attached hydrogens (tertiary/aromatic N) is 1. The molecule has 0 radical (unpaired) electrons. The third-order valence-electron chi connectivity index (χ3n) is 11.2. The largest absolute Gasteiger partial charge is 0.507 e. The fraction of sp³-hybridized carbons (Fsp3) is 0.462. The summed E-state index contributed by atoms with van der Waals surface area (Å²) in [6.45, 7) is 4.43. The smallest absolute Gasteiger partial charge is 0.235 e. The Kier molecular flexibility index (Phi) is 8.89. The zero-order valence-electron chi connectivity index (χ0n) is 28.0. The predicted octanol–water partition coefficient (Wildman–Crippen LogP) is 4.45. The van der Waals surface area contributed by atoms with E-state index in [2.05, 4.69) is 38.1 Å². The average molecular weight is 653 g/mol. The minimum Gasteiger partial charge on any atom is -0.507 e. The number of fused-ring (bicyclic) bond motifs is 4. The van der Waals surface area contributed by atoms with Gasteiger partial charge in [0.2, 0.25) is 5.91 Å². The van der Waals surface area contributed by atoms with E-state index in [-0.39, 0.29) is 24.2 Å². The number of nitrogens with two attached hydrogens (primary N) is 1. The highest BCUT2D eigenvalue weighted by Crippen LogP contribution is 2.52. The van der Waals surface area contributed by atoms with Crippen molar-refractivity contribution in [3.8, 4) is 16.9 Å². The van der Waals surface area contributed by atoms with E-state index in [0.717, 1.165) is 54.0 Å². The quantitative estimate of drug-likeness (QED) is 0.287. The summed E-state index contributed by atoms with van der Waals surface area (Å²) < 4.78 is 0. The number of hydrogen-bond acceptors (Lipinski definition) is 8. The van der Waals surface area contributed by atoms with Crippen LogP contribution in [0.15, 0.2) is 48.5 Å². The SMILES string of the molecule is CCCC(CCC)Cc1ccc(-c2ccc(O)c3c2C[C@@H]2C[C@@H]4[C@@H](N(C)C)C(=O)C(C(N)=O)C(=O)[C@]4(O)C(=O)C2C3=O)c2ccccc12. The molecule has 4 N–H and O–H groups in total. The molecule has 0 aromatic heterocycles. The van der Waals surface area contributed by atoms with Crippen LogP contribution in [0.3, 0.4) is 0 Å². The van der Waals surface area contributed by atoms with Gasteiger partial charge in [-0.05, 0) is 84.3 Å². The molecule has 0 aliphatic heterocycles. The lowest BCUT2D eigenvalue weighted by Crippen LogP contribution is -2.74. The van der Waals surface area contributed by atoms with E-state index >= 15 is 0 Å². The second kappa shape index (κ2) is 12.7. The van der Waals surface area contributed by atoms with Crippen LogP contribution < -0.4 is 5.73 Å². The van der Waals surface area contributed by atoms with E-state index in [1.54, 1.807) is 20.2 Å². The summed E-state index contributed by atoms with van der Waals surface area (Å²) >= 11 is 0. The Morgan fingerprint density at radius 2 is 1.58 bits per heavy atom.